The van der Waals surface area contributed by atoms with Crippen LogP contribution in [0.4, 0.5) is 0 Å². The Morgan fingerprint density at radius 3 is 2.58 bits per heavy atom. The second kappa shape index (κ2) is 8.07. The number of rotatable bonds is 5. The standard InChI is InChI=1S/C22H18BrNO2/c1-3-26-22-20(23)11-15(12-21(22)25-2)10-19(14-24)18-9-8-16-6-4-5-7-17(16)13-18/h4-13H,3H2,1-2H3/b19-10-. The van der Waals surface area contributed by atoms with Crippen LogP contribution in [0.2, 0.25) is 0 Å². The van der Waals surface area contributed by atoms with E-state index in [4.69, 9.17) is 9.47 Å². The summed E-state index contributed by atoms with van der Waals surface area (Å²) in [6.07, 6.45) is 1.85. The Hall–Kier alpha value is -2.77. The highest BCUT2D eigenvalue weighted by Gasteiger charge is 2.11. The number of nitrogens with zero attached hydrogens (tertiary/aromatic N) is 1. The van der Waals surface area contributed by atoms with Crippen molar-refractivity contribution in [1.29, 1.82) is 5.26 Å². The van der Waals surface area contributed by atoms with Crippen LogP contribution in [0.5, 0.6) is 11.5 Å². The van der Waals surface area contributed by atoms with E-state index in [1.54, 1.807) is 7.11 Å². The SMILES string of the molecule is CCOc1c(Br)cc(/C=C(/C#N)c2ccc3ccccc3c2)cc1OC. The van der Waals surface area contributed by atoms with Gasteiger partial charge in [-0.2, -0.15) is 5.26 Å². The maximum atomic E-state index is 9.66. The van der Waals surface area contributed by atoms with E-state index in [0.717, 1.165) is 26.4 Å². The van der Waals surface area contributed by atoms with Gasteiger partial charge >= 0.3 is 0 Å². The summed E-state index contributed by atoms with van der Waals surface area (Å²) in [5.41, 5.74) is 2.34. The number of hydrogen-bond donors (Lipinski definition) is 0. The summed E-state index contributed by atoms with van der Waals surface area (Å²) in [5.74, 6) is 1.29. The van der Waals surface area contributed by atoms with Crippen molar-refractivity contribution in [2.45, 2.75) is 6.92 Å². The zero-order valence-corrected chi connectivity index (χ0v) is 16.2. The Balaban J connectivity index is 2.05. The van der Waals surface area contributed by atoms with Crippen LogP contribution in [-0.2, 0) is 0 Å². The van der Waals surface area contributed by atoms with Gasteiger partial charge in [0.2, 0.25) is 0 Å². The van der Waals surface area contributed by atoms with Gasteiger partial charge in [0.05, 0.1) is 29.8 Å². The third kappa shape index (κ3) is 3.74. The van der Waals surface area contributed by atoms with Crippen LogP contribution in [0.15, 0.2) is 59.1 Å². The summed E-state index contributed by atoms with van der Waals surface area (Å²) in [4.78, 5) is 0. The molecule has 0 atom stereocenters. The lowest BCUT2D eigenvalue weighted by molar-refractivity contribution is 0.309. The first-order valence-electron chi connectivity index (χ1n) is 8.27. The molecule has 3 nitrogen and oxygen atoms in total. The third-order valence-corrected chi connectivity index (χ3v) is 4.62. The molecule has 0 aromatic heterocycles. The van der Waals surface area contributed by atoms with Crippen molar-refractivity contribution in [3.63, 3.8) is 0 Å². The molecule has 0 aliphatic heterocycles. The second-order valence-corrected chi connectivity index (χ2v) is 6.55. The maximum absolute atomic E-state index is 9.66. The highest BCUT2D eigenvalue weighted by Crippen LogP contribution is 2.37. The smallest absolute Gasteiger partial charge is 0.175 e. The number of halogens is 1. The molecule has 0 saturated heterocycles. The average Bonchev–Trinajstić information content (AvgIpc) is 2.67. The molecular weight excluding hydrogens is 390 g/mol. The van der Waals surface area contributed by atoms with Crippen LogP contribution in [0, 0.1) is 11.3 Å². The van der Waals surface area contributed by atoms with Gasteiger partial charge in [0.25, 0.3) is 0 Å². The number of methoxy groups -OCH3 is 1. The van der Waals surface area contributed by atoms with Crippen LogP contribution in [0.25, 0.3) is 22.4 Å². The Bertz CT molecular complexity index is 1020. The number of ether oxygens (including phenoxy) is 2. The number of hydrogen-bond acceptors (Lipinski definition) is 3. The minimum absolute atomic E-state index is 0.546. The molecule has 0 saturated carbocycles. The minimum atomic E-state index is 0.546. The number of benzene rings is 3. The van der Waals surface area contributed by atoms with Crippen LogP contribution in [-0.4, -0.2) is 13.7 Å². The van der Waals surface area contributed by atoms with Crippen LogP contribution in [0.1, 0.15) is 18.1 Å². The molecular formula is C22H18BrNO2. The Labute approximate surface area is 161 Å². The van der Waals surface area contributed by atoms with Crippen molar-refractivity contribution in [3.8, 4) is 17.6 Å². The topological polar surface area (TPSA) is 42.2 Å². The normalized spacial score (nSPS) is 11.2. The zero-order valence-electron chi connectivity index (χ0n) is 14.6. The van der Waals surface area contributed by atoms with Gasteiger partial charge in [-0.3, -0.25) is 0 Å². The van der Waals surface area contributed by atoms with E-state index in [0.29, 0.717) is 23.7 Å². The summed E-state index contributed by atoms with van der Waals surface area (Å²) in [5, 5.41) is 11.9. The average molecular weight is 408 g/mol. The van der Waals surface area contributed by atoms with Gasteiger partial charge < -0.3 is 9.47 Å². The zero-order chi connectivity index (χ0) is 18.5. The van der Waals surface area contributed by atoms with Crippen LogP contribution >= 0.6 is 15.9 Å². The quantitative estimate of drug-likeness (QED) is 0.380. The molecule has 0 aliphatic carbocycles. The van der Waals surface area contributed by atoms with Crippen molar-refractivity contribution in [3.05, 3.63) is 70.2 Å². The van der Waals surface area contributed by atoms with Crippen LogP contribution in [0.3, 0.4) is 0 Å². The first-order valence-corrected chi connectivity index (χ1v) is 9.07. The van der Waals surface area contributed by atoms with E-state index in [-0.39, 0.29) is 0 Å². The maximum Gasteiger partial charge on any atom is 0.175 e. The lowest BCUT2D eigenvalue weighted by atomic mass is 10.00. The van der Waals surface area contributed by atoms with Crippen molar-refractivity contribution >= 4 is 38.4 Å². The summed E-state index contributed by atoms with van der Waals surface area (Å²) in [6, 6.07) is 20.2. The lowest BCUT2D eigenvalue weighted by Gasteiger charge is -2.12. The third-order valence-electron chi connectivity index (χ3n) is 4.03. The van der Waals surface area contributed by atoms with Gasteiger partial charge in [0.15, 0.2) is 11.5 Å². The Kier molecular flexibility index (Phi) is 5.60. The molecule has 3 rings (SSSR count). The second-order valence-electron chi connectivity index (χ2n) is 5.70. The molecule has 130 valence electrons. The van der Waals surface area contributed by atoms with Crippen molar-refractivity contribution < 1.29 is 9.47 Å². The van der Waals surface area contributed by atoms with Gasteiger partial charge in [0, 0.05) is 0 Å². The summed E-state index contributed by atoms with van der Waals surface area (Å²) < 4.78 is 11.8. The summed E-state index contributed by atoms with van der Waals surface area (Å²) in [6.45, 7) is 2.47. The summed E-state index contributed by atoms with van der Waals surface area (Å²) in [7, 11) is 1.60. The molecule has 0 fully saturated rings. The molecule has 4 heteroatoms. The number of nitriles is 1. The molecule has 3 aromatic carbocycles. The van der Waals surface area contributed by atoms with Gasteiger partial charge in [-0.1, -0.05) is 36.4 Å². The lowest BCUT2D eigenvalue weighted by Crippen LogP contribution is -1.97. The molecule has 3 aromatic rings. The predicted octanol–water partition coefficient (Wildman–Crippen LogP) is 6.07. The first kappa shape index (κ1) is 18.0. The molecule has 0 unspecified atom stereocenters. The first-order chi connectivity index (χ1) is 12.7. The van der Waals surface area contributed by atoms with Gasteiger partial charge in [0.1, 0.15) is 0 Å². The van der Waals surface area contributed by atoms with Crippen LogP contribution < -0.4 is 9.47 Å². The molecule has 0 spiro atoms. The predicted molar refractivity (Wildman–Crippen MR) is 109 cm³/mol. The molecule has 0 amide bonds. The molecule has 26 heavy (non-hydrogen) atoms. The van der Waals surface area contributed by atoms with Gasteiger partial charge in [-0.05, 0) is 69.0 Å². The fraction of sp³-hybridized carbons (Fsp3) is 0.136. The summed E-state index contributed by atoms with van der Waals surface area (Å²) >= 11 is 3.52. The highest BCUT2D eigenvalue weighted by molar-refractivity contribution is 9.10. The minimum Gasteiger partial charge on any atom is -0.493 e. The van der Waals surface area contributed by atoms with Gasteiger partial charge in [-0.15, -0.1) is 0 Å². The number of allylic oxidation sites excluding steroid dienone is 1. The van der Waals surface area contributed by atoms with Crippen molar-refractivity contribution in [2.75, 3.05) is 13.7 Å². The van der Waals surface area contributed by atoms with E-state index in [9.17, 15) is 5.26 Å². The molecule has 0 bridgehead atoms. The fourth-order valence-corrected chi connectivity index (χ4v) is 3.39. The molecule has 0 aliphatic rings. The Morgan fingerprint density at radius 2 is 1.88 bits per heavy atom. The van der Waals surface area contributed by atoms with Crippen molar-refractivity contribution in [2.24, 2.45) is 0 Å². The van der Waals surface area contributed by atoms with E-state index in [2.05, 4.69) is 28.1 Å². The van der Waals surface area contributed by atoms with E-state index in [1.807, 2.05) is 61.5 Å². The van der Waals surface area contributed by atoms with Gasteiger partial charge in [-0.25, -0.2) is 0 Å². The molecule has 0 radical (unpaired) electrons. The van der Waals surface area contributed by atoms with E-state index >= 15 is 0 Å². The largest absolute Gasteiger partial charge is 0.493 e. The highest BCUT2D eigenvalue weighted by atomic mass is 79.9. The number of fused-ring (bicyclic) bond motifs is 1. The molecule has 0 heterocycles. The van der Waals surface area contributed by atoms with E-state index in [1.165, 1.54) is 0 Å². The van der Waals surface area contributed by atoms with Crippen molar-refractivity contribution in [1.82, 2.24) is 0 Å². The monoisotopic (exact) mass is 407 g/mol. The Morgan fingerprint density at radius 1 is 1.12 bits per heavy atom. The molecule has 0 N–H and O–H groups in total. The fourth-order valence-electron chi connectivity index (χ4n) is 2.81. The van der Waals surface area contributed by atoms with E-state index < -0.39 is 0 Å².